The molecule has 0 saturated carbocycles. The predicted octanol–water partition coefficient (Wildman–Crippen LogP) is 2.75. The van der Waals surface area contributed by atoms with Crippen molar-refractivity contribution >= 4 is 32.1 Å². The van der Waals surface area contributed by atoms with E-state index in [2.05, 4.69) is 4.98 Å². The zero-order valence-corrected chi connectivity index (χ0v) is 13.8. The lowest BCUT2D eigenvalue weighted by Gasteiger charge is -2.37. The summed E-state index contributed by atoms with van der Waals surface area (Å²) in [5, 5.41) is 4.08. The number of ether oxygens (including phenoxy) is 1. The molecule has 0 bridgehead atoms. The van der Waals surface area contributed by atoms with Gasteiger partial charge in [-0.3, -0.25) is 0 Å². The van der Waals surface area contributed by atoms with Crippen molar-refractivity contribution < 1.29 is 13.2 Å². The summed E-state index contributed by atoms with van der Waals surface area (Å²) in [6.45, 7) is 0.705. The van der Waals surface area contributed by atoms with Crippen LogP contribution >= 0.6 is 11.3 Å². The standard InChI is InChI=1S/C16H14N2O3S2/c19-23(20,15-7-3-5-12-4-1-2-6-14(12)15)18-10-13(11-18)21-16-17-8-9-22-16/h1-9,13H,10-11H2. The molecule has 1 fully saturated rings. The summed E-state index contributed by atoms with van der Waals surface area (Å²) in [5.41, 5.74) is 0. The number of benzene rings is 2. The lowest BCUT2D eigenvalue weighted by molar-refractivity contribution is 0.0760. The molecule has 1 aromatic heterocycles. The molecule has 1 aliphatic rings. The second-order valence-corrected chi connectivity index (χ2v) is 8.10. The molecule has 118 valence electrons. The maximum atomic E-state index is 12.8. The Bertz CT molecular complexity index is 928. The van der Waals surface area contributed by atoms with Gasteiger partial charge >= 0.3 is 0 Å². The topological polar surface area (TPSA) is 59.5 Å². The van der Waals surface area contributed by atoms with Crippen LogP contribution in [-0.4, -0.2) is 36.9 Å². The van der Waals surface area contributed by atoms with Crippen molar-refractivity contribution in [3.63, 3.8) is 0 Å². The Morgan fingerprint density at radius 3 is 2.70 bits per heavy atom. The van der Waals surface area contributed by atoms with E-state index in [-0.39, 0.29) is 6.10 Å². The third-order valence-corrected chi connectivity index (χ3v) is 6.41. The van der Waals surface area contributed by atoms with Gasteiger partial charge in [-0.2, -0.15) is 4.31 Å². The van der Waals surface area contributed by atoms with Gasteiger partial charge in [0.2, 0.25) is 10.0 Å². The summed E-state index contributed by atoms with van der Waals surface area (Å²) in [6.07, 6.45) is 1.54. The molecule has 1 aliphatic heterocycles. The Kier molecular flexibility index (Phi) is 3.56. The summed E-state index contributed by atoms with van der Waals surface area (Å²) in [5.74, 6) is 0. The van der Waals surface area contributed by atoms with Crippen LogP contribution in [0.15, 0.2) is 58.9 Å². The molecular formula is C16H14N2O3S2. The van der Waals surface area contributed by atoms with Gasteiger partial charge in [0.05, 0.1) is 18.0 Å². The molecule has 0 N–H and O–H groups in total. The fraction of sp³-hybridized carbons (Fsp3) is 0.188. The zero-order chi connectivity index (χ0) is 15.9. The molecule has 0 amide bonds. The number of nitrogens with zero attached hydrogens (tertiary/aromatic N) is 2. The van der Waals surface area contributed by atoms with Gasteiger partial charge in [0.1, 0.15) is 6.10 Å². The third-order valence-electron chi connectivity index (χ3n) is 3.86. The summed E-state index contributed by atoms with van der Waals surface area (Å²) < 4.78 is 32.8. The average Bonchev–Trinajstić information content (AvgIpc) is 3.03. The van der Waals surface area contributed by atoms with E-state index in [0.29, 0.717) is 23.2 Å². The minimum atomic E-state index is -3.50. The van der Waals surface area contributed by atoms with Crippen LogP contribution in [0.5, 0.6) is 5.19 Å². The first-order valence-electron chi connectivity index (χ1n) is 7.19. The molecule has 0 aliphatic carbocycles. The highest BCUT2D eigenvalue weighted by Gasteiger charge is 2.39. The Balaban J connectivity index is 1.57. The molecule has 0 spiro atoms. The second kappa shape index (κ2) is 5.59. The maximum Gasteiger partial charge on any atom is 0.273 e. The normalized spacial score (nSPS) is 16.3. The molecule has 0 atom stereocenters. The molecular weight excluding hydrogens is 332 g/mol. The van der Waals surface area contributed by atoms with Gasteiger partial charge in [0, 0.05) is 17.0 Å². The van der Waals surface area contributed by atoms with E-state index < -0.39 is 10.0 Å². The van der Waals surface area contributed by atoms with Crippen LogP contribution in [0, 0.1) is 0 Å². The molecule has 0 radical (unpaired) electrons. The van der Waals surface area contributed by atoms with Crippen molar-refractivity contribution in [1.29, 1.82) is 0 Å². The first-order valence-corrected chi connectivity index (χ1v) is 9.50. The van der Waals surface area contributed by atoms with E-state index in [1.54, 1.807) is 18.3 Å². The van der Waals surface area contributed by atoms with Crippen LogP contribution in [0.2, 0.25) is 0 Å². The number of hydrogen-bond acceptors (Lipinski definition) is 5. The third kappa shape index (κ3) is 2.60. The first-order chi connectivity index (χ1) is 11.1. The molecule has 2 aromatic carbocycles. The van der Waals surface area contributed by atoms with Gasteiger partial charge < -0.3 is 4.74 Å². The van der Waals surface area contributed by atoms with E-state index in [4.69, 9.17) is 4.74 Å². The monoisotopic (exact) mass is 346 g/mol. The van der Waals surface area contributed by atoms with E-state index in [0.717, 1.165) is 10.8 Å². The predicted molar refractivity (Wildman–Crippen MR) is 89.2 cm³/mol. The van der Waals surface area contributed by atoms with Crippen LogP contribution in [0.1, 0.15) is 0 Å². The van der Waals surface area contributed by atoms with Crippen LogP contribution in [0.4, 0.5) is 0 Å². The molecule has 1 saturated heterocycles. The molecule has 7 heteroatoms. The van der Waals surface area contributed by atoms with Crippen LogP contribution in [0.3, 0.4) is 0 Å². The number of sulfonamides is 1. The van der Waals surface area contributed by atoms with Gasteiger partial charge in [-0.05, 0) is 11.5 Å². The van der Waals surface area contributed by atoms with Crippen molar-refractivity contribution in [3.05, 3.63) is 54.0 Å². The van der Waals surface area contributed by atoms with Crippen molar-refractivity contribution in [2.75, 3.05) is 13.1 Å². The Labute approximate surface area is 138 Å². The highest BCUT2D eigenvalue weighted by Crippen LogP contribution is 2.29. The molecule has 4 rings (SSSR count). The van der Waals surface area contributed by atoms with Gasteiger partial charge in [-0.15, -0.1) is 0 Å². The largest absolute Gasteiger partial charge is 0.464 e. The van der Waals surface area contributed by atoms with Gasteiger partial charge in [-0.25, -0.2) is 13.4 Å². The van der Waals surface area contributed by atoms with Crippen LogP contribution in [0.25, 0.3) is 10.8 Å². The fourth-order valence-corrected chi connectivity index (χ4v) is 4.91. The van der Waals surface area contributed by atoms with Gasteiger partial charge in [0.15, 0.2) is 0 Å². The summed E-state index contributed by atoms with van der Waals surface area (Å²) in [4.78, 5) is 4.40. The minimum absolute atomic E-state index is 0.133. The Hall–Kier alpha value is -1.96. The van der Waals surface area contributed by atoms with Crippen molar-refractivity contribution in [2.45, 2.75) is 11.0 Å². The van der Waals surface area contributed by atoms with Crippen molar-refractivity contribution in [3.8, 4) is 5.19 Å². The minimum Gasteiger partial charge on any atom is -0.464 e. The van der Waals surface area contributed by atoms with E-state index in [9.17, 15) is 8.42 Å². The fourth-order valence-electron chi connectivity index (χ4n) is 2.64. The van der Waals surface area contributed by atoms with E-state index >= 15 is 0 Å². The summed E-state index contributed by atoms with van der Waals surface area (Å²) >= 11 is 1.41. The zero-order valence-electron chi connectivity index (χ0n) is 12.1. The van der Waals surface area contributed by atoms with Gasteiger partial charge in [-0.1, -0.05) is 47.7 Å². The second-order valence-electron chi connectivity index (χ2n) is 5.34. The smallest absolute Gasteiger partial charge is 0.273 e. The average molecular weight is 346 g/mol. The van der Waals surface area contributed by atoms with Crippen LogP contribution < -0.4 is 4.74 Å². The van der Waals surface area contributed by atoms with Gasteiger partial charge in [0.25, 0.3) is 5.19 Å². The molecule has 0 unspecified atom stereocenters. The molecule has 23 heavy (non-hydrogen) atoms. The summed E-state index contributed by atoms with van der Waals surface area (Å²) in [7, 11) is -3.50. The Morgan fingerprint density at radius 2 is 1.91 bits per heavy atom. The van der Waals surface area contributed by atoms with Crippen molar-refractivity contribution in [2.24, 2.45) is 0 Å². The highest BCUT2D eigenvalue weighted by atomic mass is 32.2. The molecule has 2 heterocycles. The van der Waals surface area contributed by atoms with E-state index in [1.165, 1.54) is 15.6 Å². The molecule has 5 nitrogen and oxygen atoms in total. The number of thiazole rings is 1. The summed E-state index contributed by atoms with van der Waals surface area (Å²) in [6, 6.07) is 12.9. The quantitative estimate of drug-likeness (QED) is 0.729. The number of fused-ring (bicyclic) bond motifs is 1. The maximum absolute atomic E-state index is 12.8. The molecule has 3 aromatic rings. The lowest BCUT2D eigenvalue weighted by Crippen LogP contribution is -2.55. The number of aromatic nitrogens is 1. The first kappa shape index (κ1) is 14.6. The van der Waals surface area contributed by atoms with Crippen molar-refractivity contribution in [1.82, 2.24) is 9.29 Å². The van der Waals surface area contributed by atoms with E-state index in [1.807, 2.05) is 35.7 Å². The van der Waals surface area contributed by atoms with Crippen LogP contribution in [-0.2, 0) is 10.0 Å². The highest BCUT2D eigenvalue weighted by molar-refractivity contribution is 7.89. The lowest BCUT2D eigenvalue weighted by atomic mass is 10.1. The Morgan fingerprint density at radius 1 is 1.13 bits per heavy atom. The number of hydrogen-bond donors (Lipinski definition) is 0. The SMILES string of the molecule is O=S(=O)(c1cccc2ccccc12)N1CC(Oc2nccs2)C1. The number of rotatable bonds is 4.